The summed E-state index contributed by atoms with van der Waals surface area (Å²) in [6.45, 7) is 4.10. The molecule has 0 saturated heterocycles. The Kier molecular flexibility index (Phi) is 5.65. The molecule has 0 spiro atoms. The normalized spacial score (nSPS) is 19.5. The Labute approximate surface area is 129 Å². The lowest BCUT2D eigenvalue weighted by atomic mass is 9.76. The molecule has 0 heterocycles. The number of rotatable bonds is 6. The fourth-order valence-corrected chi connectivity index (χ4v) is 3.51. The summed E-state index contributed by atoms with van der Waals surface area (Å²) in [5, 5.41) is 3.47. The summed E-state index contributed by atoms with van der Waals surface area (Å²) in [5.41, 5.74) is 1.20. The monoisotopic (exact) mass is 291 g/mol. The van der Waals surface area contributed by atoms with Crippen LogP contribution >= 0.6 is 0 Å². The van der Waals surface area contributed by atoms with Gasteiger partial charge in [0.2, 0.25) is 0 Å². The van der Waals surface area contributed by atoms with E-state index in [-0.39, 0.29) is 17.7 Å². The van der Waals surface area contributed by atoms with E-state index in [9.17, 15) is 0 Å². The maximum Gasteiger partial charge on any atom is 0.119 e. The molecule has 0 aromatic heterocycles. The molecule has 1 aromatic rings. The van der Waals surface area contributed by atoms with Crippen molar-refractivity contribution in [3.63, 3.8) is 0 Å². The number of hydrogen-bond acceptors (Lipinski definition) is 3. The number of ether oxygens (including phenoxy) is 2. The molecule has 0 amide bonds. The highest BCUT2D eigenvalue weighted by Gasteiger charge is 2.40. The van der Waals surface area contributed by atoms with Crippen molar-refractivity contribution in [2.24, 2.45) is 0 Å². The maximum absolute atomic E-state index is 5.99. The Morgan fingerprint density at radius 2 is 1.67 bits per heavy atom. The van der Waals surface area contributed by atoms with E-state index in [1.165, 1.54) is 24.8 Å². The third kappa shape index (κ3) is 3.78. The summed E-state index contributed by atoms with van der Waals surface area (Å²) in [5.74, 6) is 0.929. The van der Waals surface area contributed by atoms with Crippen molar-refractivity contribution in [3.8, 4) is 5.75 Å². The Balaban J connectivity index is 2.19. The van der Waals surface area contributed by atoms with Gasteiger partial charge < -0.3 is 14.8 Å². The van der Waals surface area contributed by atoms with Crippen LogP contribution < -0.4 is 10.1 Å². The van der Waals surface area contributed by atoms with Crippen LogP contribution in [-0.4, -0.2) is 25.9 Å². The van der Waals surface area contributed by atoms with Crippen LogP contribution in [0.5, 0.6) is 5.75 Å². The zero-order chi connectivity index (χ0) is 15.3. The van der Waals surface area contributed by atoms with Gasteiger partial charge in [-0.25, -0.2) is 0 Å². The quantitative estimate of drug-likeness (QED) is 0.856. The Bertz CT molecular complexity index is 421. The highest BCUT2D eigenvalue weighted by atomic mass is 16.5. The average Bonchev–Trinajstić information content (AvgIpc) is 2.50. The first kappa shape index (κ1) is 16.3. The number of nitrogens with one attached hydrogen (secondary N) is 1. The molecule has 2 rings (SSSR count). The smallest absolute Gasteiger partial charge is 0.119 e. The van der Waals surface area contributed by atoms with Crippen LogP contribution in [0.1, 0.15) is 57.6 Å². The second kappa shape index (κ2) is 7.28. The van der Waals surface area contributed by atoms with Crippen LogP contribution in [0.25, 0.3) is 0 Å². The first-order chi connectivity index (χ1) is 10.1. The molecule has 1 saturated carbocycles. The summed E-state index contributed by atoms with van der Waals surface area (Å²) < 4.78 is 11.7. The van der Waals surface area contributed by atoms with Gasteiger partial charge in [-0.1, -0.05) is 31.4 Å². The second-order valence-electron chi connectivity index (χ2n) is 6.29. The molecule has 0 aliphatic heterocycles. The molecule has 3 heteroatoms. The average molecular weight is 291 g/mol. The number of methoxy groups -OCH3 is 1. The van der Waals surface area contributed by atoms with Crippen molar-refractivity contribution in [1.29, 1.82) is 0 Å². The second-order valence-corrected chi connectivity index (χ2v) is 6.29. The highest BCUT2D eigenvalue weighted by molar-refractivity contribution is 5.31. The van der Waals surface area contributed by atoms with Gasteiger partial charge in [0, 0.05) is 7.11 Å². The van der Waals surface area contributed by atoms with Crippen molar-refractivity contribution in [3.05, 3.63) is 29.8 Å². The Morgan fingerprint density at radius 3 is 2.14 bits per heavy atom. The molecule has 1 N–H and O–H groups in total. The fourth-order valence-electron chi connectivity index (χ4n) is 3.51. The van der Waals surface area contributed by atoms with Crippen molar-refractivity contribution >= 4 is 0 Å². The van der Waals surface area contributed by atoms with E-state index in [2.05, 4.69) is 29.6 Å². The zero-order valence-corrected chi connectivity index (χ0v) is 13.8. The summed E-state index contributed by atoms with van der Waals surface area (Å²) >= 11 is 0. The zero-order valence-electron chi connectivity index (χ0n) is 13.8. The number of hydrogen-bond donors (Lipinski definition) is 1. The molecule has 118 valence electrons. The first-order valence-corrected chi connectivity index (χ1v) is 8.10. The lowest BCUT2D eigenvalue weighted by Gasteiger charge is -2.42. The molecular weight excluding hydrogens is 262 g/mol. The van der Waals surface area contributed by atoms with E-state index in [0.717, 1.165) is 18.6 Å². The molecule has 1 aromatic carbocycles. The first-order valence-electron chi connectivity index (χ1n) is 8.10. The summed E-state index contributed by atoms with van der Waals surface area (Å²) in [6, 6.07) is 8.68. The summed E-state index contributed by atoms with van der Waals surface area (Å²) in [7, 11) is 3.88. The van der Waals surface area contributed by atoms with E-state index in [1.54, 1.807) is 0 Å². The van der Waals surface area contributed by atoms with Gasteiger partial charge in [0.05, 0.1) is 17.7 Å². The number of benzene rings is 1. The molecular formula is C18H29NO2. The van der Waals surface area contributed by atoms with E-state index in [1.807, 2.05) is 28.0 Å². The third-order valence-corrected chi connectivity index (χ3v) is 4.51. The predicted octanol–water partition coefficient (Wildman–Crippen LogP) is 4.08. The van der Waals surface area contributed by atoms with E-state index in [4.69, 9.17) is 9.47 Å². The SMILES string of the molecule is CNC(c1ccc(OC(C)C)cc1)C1(OC)CCCCC1. The fraction of sp³-hybridized carbons (Fsp3) is 0.667. The Morgan fingerprint density at radius 1 is 1.05 bits per heavy atom. The van der Waals surface area contributed by atoms with Crippen LogP contribution in [0.15, 0.2) is 24.3 Å². The van der Waals surface area contributed by atoms with Crippen LogP contribution in [0, 0.1) is 0 Å². The molecule has 1 aliphatic rings. The maximum atomic E-state index is 5.99. The lowest BCUT2D eigenvalue weighted by Crippen LogP contribution is -2.45. The summed E-state index contributed by atoms with van der Waals surface area (Å²) in [4.78, 5) is 0. The standard InChI is InChI=1S/C18H29NO2/c1-14(2)21-16-10-8-15(9-11-16)17(19-3)18(20-4)12-6-5-7-13-18/h8-11,14,17,19H,5-7,12-13H2,1-4H3. The summed E-state index contributed by atoms with van der Waals surface area (Å²) in [6.07, 6.45) is 6.28. The molecule has 0 radical (unpaired) electrons. The molecule has 0 bridgehead atoms. The lowest BCUT2D eigenvalue weighted by molar-refractivity contribution is -0.0671. The molecule has 1 fully saturated rings. The van der Waals surface area contributed by atoms with Gasteiger partial charge in [0.1, 0.15) is 5.75 Å². The van der Waals surface area contributed by atoms with E-state index < -0.39 is 0 Å². The molecule has 1 atom stereocenters. The van der Waals surface area contributed by atoms with E-state index >= 15 is 0 Å². The minimum Gasteiger partial charge on any atom is -0.491 e. The largest absolute Gasteiger partial charge is 0.491 e. The molecule has 21 heavy (non-hydrogen) atoms. The highest BCUT2D eigenvalue weighted by Crippen LogP contribution is 2.41. The van der Waals surface area contributed by atoms with Gasteiger partial charge in [-0.15, -0.1) is 0 Å². The van der Waals surface area contributed by atoms with Crippen molar-refractivity contribution in [2.75, 3.05) is 14.2 Å². The van der Waals surface area contributed by atoms with Crippen molar-refractivity contribution in [1.82, 2.24) is 5.32 Å². The third-order valence-electron chi connectivity index (χ3n) is 4.51. The minimum atomic E-state index is -0.0760. The molecule has 1 unspecified atom stereocenters. The van der Waals surface area contributed by atoms with Gasteiger partial charge in [0.15, 0.2) is 0 Å². The predicted molar refractivity (Wildman–Crippen MR) is 86.8 cm³/mol. The van der Waals surface area contributed by atoms with Gasteiger partial charge in [-0.3, -0.25) is 0 Å². The number of likely N-dealkylation sites (N-methyl/N-ethyl adjacent to an activating group) is 1. The van der Waals surface area contributed by atoms with Crippen molar-refractivity contribution < 1.29 is 9.47 Å². The van der Waals surface area contributed by atoms with E-state index in [0.29, 0.717) is 0 Å². The van der Waals surface area contributed by atoms with Crippen LogP contribution in [-0.2, 0) is 4.74 Å². The van der Waals surface area contributed by atoms with Crippen LogP contribution in [0.3, 0.4) is 0 Å². The minimum absolute atomic E-state index is 0.0760. The van der Waals surface area contributed by atoms with Gasteiger partial charge in [-0.05, 0) is 51.4 Å². The van der Waals surface area contributed by atoms with Gasteiger partial charge in [-0.2, -0.15) is 0 Å². The van der Waals surface area contributed by atoms with Gasteiger partial charge in [0.25, 0.3) is 0 Å². The van der Waals surface area contributed by atoms with Gasteiger partial charge >= 0.3 is 0 Å². The topological polar surface area (TPSA) is 30.5 Å². The molecule has 3 nitrogen and oxygen atoms in total. The molecule has 1 aliphatic carbocycles. The van der Waals surface area contributed by atoms with Crippen LogP contribution in [0.2, 0.25) is 0 Å². The van der Waals surface area contributed by atoms with Crippen LogP contribution in [0.4, 0.5) is 0 Å². The Hall–Kier alpha value is -1.06. The van der Waals surface area contributed by atoms with Crippen molar-refractivity contribution in [2.45, 2.75) is 63.7 Å².